The van der Waals surface area contributed by atoms with Crippen LogP contribution in [0.2, 0.25) is 0 Å². The topological polar surface area (TPSA) is 75.4 Å². The molecule has 1 aliphatic carbocycles. The van der Waals surface area contributed by atoms with Crippen molar-refractivity contribution in [2.45, 2.75) is 18.9 Å². The third kappa shape index (κ3) is 1.40. The van der Waals surface area contributed by atoms with E-state index >= 15 is 0 Å². The highest BCUT2D eigenvalue weighted by molar-refractivity contribution is 5.80. The molecule has 9 heavy (non-hydrogen) atoms. The monoisotopic (exact) mass is 130 g/mol. The number of nitrogens with two attached hydrogens (primary N) is 1. The second-order valence-corrected chi connectivity index (χ2v) is 2.34. The summed E-state index contributed by atoms with van der Waals surface area (Å²) in [5.74, 6) is -0.172. The van der Waals surface area contributed by atoms with Crippen LogP contribution in [0, 0.1) is 5.92 Å². The number of hydroxylamine groups is 1. The Hall–Kier alpha value is -0.610. The van der Waals surface area contributed by atoms with Crippen LogP contribution in [-0.4, -0.2) is 17.2 Å². The van der Waals surface area contributed by atoms with E-state index in [1.54, 1.807) is 0 Å². The molecule has 0 heterocycles. The van der Waals surface area contributed by atoms with Crippen molar-refractivity contribution in [2.24, 2.45) is 11.7 Å². The number of hydrogen-bond donors (Lipinski definition) is 3. The summed E-state index contributed by atoms with van der Waals surface area (Å²) in [7, 11) is 0. The summed E-state index contributed by atoms with van der Waals surface area (Å²) in [6, 6.07) is -0.505. The predicted molar refractivity (Wildman–Crippen MR) is 30.6 cm³/mol. The first-order chi connectivity index (χ1) is 4.25. The van der Waals surface area contributed by atoms with Crippen LogP contribution in [0.5, 0.6) is 0 Å². The van der Waals surface area contributed by atoms with Crippen molar-refractivity contribution in [1.29, 1.82) is 0 Å². The van der Waals surface area contributed by atoms with Gasteiger partial charge in [-0.15, -0.1) is 0 Å². The van der Waals surface area contributed by atoms with Crippen molar-refractivity contribution in [3.05, 3.63) is 0 Å². The SMILES string of the molecule is NC(C(=O)NO)C1CC1. The minimum atomic E-state index is -0.505. The van der Waals surface area contributed by atoms with E-state index in [0.29, 0.717) is 5.92 Å². The van der Waals surface area contributed by atoms with Crippen molar-refractivity contribution in [1.82, 2.24) is 5.48 Å². The Morgan fingerprint density at radius 2 is 2.33 bits per heavy atom. The maximum absolute atomic E-state index is 10.5. The average Bonchev–Trinajstić information content (AvgIpc) is 2.66. The maximum atomic E-state index is 10.5. The molecule has 1 saturated carbocycles. The van der Waals surface area contributed by atoms with Gasteiger partial charge in [0.15, 0.2) is 0 Å². The van der Waals surface area contributed by atoms with Crippen molar-refractivity contribution >= 4 is 5.91 Å². The van der Waals surface area contributed by atoms with Gasteiger partial charge in [0.05, 0.1) is 6.04 Å². The Bertz CT molecular complexity index is 122. The number of carbonyl (C=O) groups is 1. The molecular formula is C5H10N2O2. The molecule has 0 aliphatic heterocycles. The summed E-state index contributed by atoms with van der Waals surface area (Å²) in [6.07, 6.45) is 2.02. The highest BCUT2D eigenvalue weighted by Crippen LogP contribution is 2.31. The quantitative estimate of drug-likeness (QED) is 0.339. The number of nitrogens with one attached hydrogen (secondary N) is 1. The van der Waals surface area contributed by atoms with Crippen LogP contribution < -0.4 is 11.2 Å². The van der Waals surface area contributed by atoms with Gasteiger partial charge in [0.25, 0.3) is 5.91 Å². The van der Waals surface area contributed by atoms with Gasteiger partial charge in [0.1, 0.15) is 0 Å². The zero-order valence-electron chi connectivity index (χ0n) is 5.00. The van der Waals surface area contributed by atoms with Gasteiger partial charge < -0.3 is 5.73 Å². The molecule has 0 aromatic carbocycles. The van der Waals surface area contributed by atoms with Crippen LogP contribution in [0.4, 0.5) is 0 Å². The first-order valence-corrected chi connectivity index (χ1v) is 2.95. The summed E-state index contributed by atoms with van der Waals surface area (Å²) in [5.41, 5.74) is 6.88. The van der Waals surface area contributed by atoms with Gasteiger partial charge in [0.2, 0.25) is 0 Å². The number of hydrogen-bond acceptors (Lipinski definition) is 3. The lowest BCUT2D eigenvalue weighted by atomic mass is 10.2. The first kappa shape index (κ1) is 6.51. The third-order valence-electron chi connectivity index (χ3n) is 1.54. The third-order valence-corrected chi connectivity index (χ3v) is 1.54. The second kappa shape index (κ2) is 2.33. The van der Waals surface area contributed by atoms with Gasteiger partial charge in [0, 0.05) is 0 Å². The molecule has 1 aliphatic rings. The zero-order valence-corrected chi connectivity index (χ0v) is 5.00. The largest absolute Gasteiger partial charge is 0.320 e. The van der Waals surface area contributed by atoms with Crippen LogP contribution in [-0.2, 0) is 4.79 Å². The normalized spacial score (nSPS) is 21.1. The fraction of sp³-hybridized carbons (Fsp3) is 0.800. The average molecular weight is 130 g/mol. The molecule has 4 N–H and O–H groups in total. The highest BCUT2D eigenvalue weighted by Gasteiger charge is 2.32. The van der Waals surface area contributed by atoms with Crippen LogP contribution in [0.3, 0.4) is 0 Å². The summed E-state index contributed by atoms with van der Waals surface area (Å²) >= 11 is 0. The van der Waals surface area contributed by atoms with Crippen LogP contribution in [0.1, 0.15) is 12.8 Å². The molecule has 1 fully saturated rings. The minimum absolute atomic E-state index is 0.303. The van der Waals surface area contributed by atoms with Gasteiger partial charge in [-0.2, -0.15) is 0 Å². The molecule has 0 radical (unpaired) electrons. The molecule has 4 heteroatoms. The molecular weight excluding hydrogens is 120 g/mol. The highest BCUT2D eigenvalue weighted by atomic mass is 16.5. The Morgan fingerprint density at radius 3 is 2.67 bits per heavy atom. The molecule has 0 spiro atoms. The number of amides is 1. The maximum Gasteiger partial charge on any atom is 0.260 e. The van der Waals surface area contributed by atoms with Crippen LogP contribution in [0.15, 0.2) is 0 Å². The predicted octanol–water partition coefficient (Wildman–Crippen LogP) is -0.771. The second-order valence-electron chi connectivity index (χ2n) is 2.34. The van der Waals surface area contributed by atoms with Gasteiger partial charge in [-0.1, -0.05) is 0 Å². The summed E-state index contributed by atoms with van der Waals surface area (Å²) in [5, 5.41) is 8.10. The molecule has 0 aromatic heterocycles. The molecule has 1 atom stereocenters. The Kier molecular flexibility index (Phi) is 1.68. The van der Waals surface area contributed by atoms with Crippen LogP contribution in [0.25, 0.3) is 0 Å². The van der Waals surface area contributed by atoms with Gasteiger partial charge in [-0.3, -0.25) is 10.0 Å². The van der Waals surface area contributed by atoms with E-state index in [2.05, 4.69) is 0 Å². The Morgan fingerprint density at radius 1 is 1.78 bits per heavy atom. The smallest absolute Gasteiger partial charge is 0.260 e. The van der Waals surface area contributed by atoms with Gasteiger partial charge >= 0.3 is 0 Å². The molecule has 1 amide bonds. The fourth-order valence-corrected chi connectivity index (χ4v) is 0.744. The van der Waals surface area contributed by atoms with Gasteiger partial charge in [-0.05, 0) is 18.8 Å². The van der Waals surface area contributed by atoms with Gasteiger partial charge in [-0.25, -0.2) is 5.48 Å². The Balaban J connectivity index is 2.30. The first-order valence-electron chi connectivity index (χ1n) is 2.95. The molecule has 4 nitrogen and oxygen atoms in total. The summed E-state index contributed by atoms with van der Waals surface area (Å²) in [4.78, 5) is 10.5. The number of rotatable bonds is 2. The van der Waals surface area contributed by atoms with E-state index in [4.69, 9.17) is 10.9 Å². The van der Waals surface area contributed by atoms with E-state index in [-0.39, 0.29) is 0 Å². The molecule has 0 saturated heterocycles. The van der Waals surface area contributed by atoms with E-state index < -0.39 is 11.9 Å². The lowest BCUT2D eigenvalue weighted by Gasteiger charge is -2.04. The molecule has 1 rings (SSSR count). The van der Waals surface area contributed by atoms with E-state index in [0.717, 1.165) is 12.8 Å². The van der Waals surface area contributed by atoms with Crippen LogP contribution >= 0.6 is 0 Å². The molecule has 1 unspecified atom stereocenters. The lowest BCUT2D eigenvalue weighted by molar-refractivity contribution is -0.130. The fourth-order valence-electron chi connectivity index (χ4n) is 0.744. The Labute approximate surface area is 53.0 Å². The molecule has 52 valence electrons. The molecule has 0 bridgehead atoms. The van der Waals surface area contributed by atoms with E-state index in [1.807, 2.05) is 0 Å². The molecule has 0 aromatic rings. The van der Waals surface area contributed by atoms with E-state index in [1.165, 1.54) is 5.48 Å². The van der Waals surface area contributed by atoms with E-state index in [9.17, 15) is 4.79 Å². The summed E-state index contributed by atoms with van der Waals surface area (Å²) in [6.45, 7) is 0. The van der Waals surface area contributed by atoms with Crippen molar-refractivity contribution in [3.8, 4) is 0 Å². The minimum Gasteiger partial charge on any atom is -0.320 e. The lowest BCUT2D eigenvalue weighted by Crippen LogP contribution is -2.40. The zero-order chi connectivity index (χ0) is 6.85. The number of carbonyl (C=O) groups excluding carboxylic acids is 1. The van der Waals surface area contributed by atoms with Crippen molar-refractivity contribution in [3.63, 3.8) is 0 Å². The standard InChI is InChI=1S/C5H10N2O2/c6-4(3-1-2-3)5(8)7-9/h3-4,9H,1-2,6H2,(H,7,8). The van der Waals surface area contributed by atoms with Crippen molar-refractivity contribution < 1.29 is 10.0 Å². The van der Waals surface area contributed by atoms with Crippen molar-refractivity contribution in [2.75, 3.05) is 0 Å². The summed E-state index contributed by atoms with van der Waals surface area (Å²) < 4.78 is 0.